The molecule has 2 amide bonds. The lowest BCUT2D eigenvalue weighted by molar-refractivity contribution is -0.153. The van der Waals surface area contributed by atoms with Crippen molar-refractivity contribution in [1.29, 1.82) is 5.26 Å². The van der Waals surface area contributed by atoms with Gasteiger partial charge in [-0.15, -0.1) is 0 Å². The second-order valence-corrected chi connectivity index (χ2v) is 9.11. The van der Waals surface area contributed by atoms with E-state index in [1.54, 1.807) is 30.0 Å². The molecule has 180 valence electrons. The van der Waals surface area contributed by atoms with Crippen molar-refractivity contribution < 1.29 is 19.4 Å². The van der Waals surface area contributed by atoms with Crippen molar-refractivity contribution in [2.75, 3.05) is 30.8 Å². The Bertz CT molecular complexity index is 1130. The van der Waals surface area contributed by atoms with Crippen LogP contribution in [0.5, 0.6) is 0 Å². The summed E-state index contributed by atoms with van der Waals surface area (Å²) in [6, 6.07) is 6.28. The third-order valence-corrected chi connectivity index (χ3v) is 6.15. The summed E-state index contributed by atoms with van der Waals surface area (Å²) in [5.41, 5.74) is 7.70. The molecule has 6 N–H and O–H groups in total. The van der Waals surface area contributed by atoms with Gasteiger partial charge in [0.2, 0.25) is 5.91 Å². The molecule has 1 aromatic carbocycles. The Labute approximate surface area is 197 Å². The van der Waals surface area contributed by atoms with Crippen molar-refractivity contribution in [3.8, 4) is 17.3 Å². The third-order valence-electron chi connectivity index (χ3n) is 6.15. The number of carbonyl (C=O) groups excluding carboxylic acids is 2. The average molecular weight is 468 g/mol. The minimum Gasteiger partial charge on any atom is -0.453 e. The number of amides is 2. The Morgan fingerprint density at radius 2 is 2.09 bits per heavy atom. The monoisotopic (exact) mass is 467 g/mol. The largest absolute Gasteiger partial charge is 0.453 e. The predicted octanol–water partition coefficient (Wildman–Crippen LogP) is 2.07. The summed E-state index contributed by atoms with van der Waals surface area (Å²) < 4.78 is 4.68. The molecule has 34 heavy (non-hydrogen) atoms. The van der Waals surface area contributed by atoms with Gasteiger partial charge in [-0.3, -0.25) is 10.1 Å². The molecule has 2 aromatic rings. The molecule has 11 heteroatoms. The highest BCUT2D eigenvalue weighted by atomic mass is 16.5. The van der Waals surface area contributed by atoms with Crippen LogP contribution in [0.15, 0.2) is 18.2 Å². The Balaban J connectivity index is 1.76. The van der Waals surface area contributed by atoms with Gasteiger partial charge in [0.15, 0.2) is 0 Å². The van der Waals surface area contributed by atoms with Gasteiger partial charge in [0.1, 0.15) is 29.3 Å². The smallest absolute Gasteiger partial charge is 0.411 e. The standard InChI is InChI=1S/C23H29N7O4/c1-23(33)11-30(12-23)21(31)16-6-4-3-5-15(25)20-28-18(10-24)19(29-20)14-8-7-13(9-17(14)27-16)26-22(32)34-2/h7-9,15-16,27,33H,3-6,11-12,25H2,1-2H3,(H,26,32)(H,28,29)/t15-,16+/m0/s1. The second-order valence-electron chi connectivity index (χ2n) is 9.11. The lowest BCUT2D eigenvalue weighted by Gasteiger charge is -2.45. The van der Waals surface area contributed by atoms with Gasteiger partial charge in [0.25, 0.3) is 0 Å². The zero-order valence-electron chi connectivity index (χ0n) is 19.2. The van der Waals surface area contributed by atoms with Crippen LogP contribution in [0.3, 0.4) is 0 Å². The molecule has 4 rings (SSSR count). The van der Waals surface area contributed by atoms with Crippen LogP contribution in [0, 0.1) is 11.3 Å². The third kappa shape index (κ3) is 4.83. The first-order chi connectivity index (χ1) is 16.2. The molecule has 1 saturated heterocycles. The van der Waals surface area contributed by atoms with E-state index in [0.29, 0.717) is 41.3 Å². The second kappa shape index (κ2) is 9.32. The maximum atomic E-state index is 13.3. The normalized spacial score (nSPS) is 21.4. The number of aromatic amines is 1. The number of imidazole rings is 1. The molecule has 3 heterocycles. The molecule has 0 aliphatic carbocycles. The summed E-state index contributed by atoms with van der Waals surface area (Å²) in [5, 5.41) is 25.8. The molecule has 1 fully saturated rings. The minimum absolute atomic E-state index is 0.117. The number of nitrogens with zero attached hydrogens (tertiary/aromatic N) is 3. The number of carbonyl (C=O) groups is 2. The highest BCUT2D eigenvalue weighted by Crippen LogP contribution is 2.35. The van der Waals surface area contributed by atoms with E-state index in [-0.39, 0.29) is 30.7 Å². The molecule has 2 atom stereocenters. The lowest BCUT2D eigenvalue weighted by Crippen LogP contribution is -2.64. The number of rotatable bonds is 2. The number of nitrogens with one attached hydrogen (secondary N) is 3. The Morgan fingerprint density at radius 1 is 1.35 bits per heavy atom. The molecule has 11 nitrogen and oxygen atoms in total. The fraction of sp³-hybridized carbons (Fsp3) is 0.478. The number of aromatic nitrogens is 2. The first kappa shape index (κ1) is 23.5. The summed E-state index contributed by atoms with van der Waals surface area (Å²) in [6.45, 7) is 2.24. The first-order valence-electron chi connectivity index (χ1n) is 11.2. The van der Waals surface area contributed by atoms with Gasteiger partial charge in [0, 0.05) is 16.9 Å². The van der Waals surface area contributed by atoms with Crippen molar-refractivity contribution in [3.05, 3.63) is 29.7 Å². The maximum Gasteiger partial charge on any atom is 0.411 e. The Kier molecular flexibility index (Phi) is 6.45. The van der Waals surface area contributed by atoms with E-state index >= 15 is 0 Å². The summed E-state index contributed by atoms with van der Waals surface area (Å²) >= 11 is 0. The number of fused-ring (bicyclic) bond motifs is 4. The maximum absolute atomic E-state index is 13.3. The van der Waals surface area contributed by atoms with Gasteiger partial charge in [-0.25, -0.2) is 9.78 Å². The molecule has 2 aliphatic heterocycles. The van der Waals surface area contributed by atoms with Crippen LogP contribution in [-0.2, 0) is 9.53 Å². The molecular formula is C23H29N7O4. The van der Waals surface area contributed by atoms with Gasteiger partial charge in [-0.05, 0) is 38.0 Å². The van der Waals surface area contributed by atoms with E-state index in [9.17, 15) is 20.0 Å². The number of aliphatic hydroxyl groups is 1. The predicted molar refractivity (Wildman–Crippen MR) is 125 cm³/mol. The Morgan fingerprint density at radius 3 is 2.76 bits per heavy atom. The number of nitrogens with two attached hydrogens (primary N) is 1. The zero-order valence-corrected chi connectivity index (χ0v) is 19.2. The van der Waals surface area contributed by atoms with Crippen molar-refractivity contribution in [2.24, 2.45) is 5.73 Å². The minimum atomic E-state index is -0.879. The lowest BCUT2D eigenvalue weighted by atomic mass is 9.94. The van der Waals surface area contributed by atoms with Gasteiger partial charge in [-0.1, -0.05) is 12.8 Å². The molecule has 2 bridgehead atoms. The van der Waals surface area contributed by atoms with E-state index in [1.165, 1.54) is 7.11 Å². The van der Waals surface area contributed by atoms with E-state index in [2.05, 4.69) is 31.4 Å². The fourth-order valence-electron chi connectivity index (χ4n) is 4.41. The zero-order chi connectivity index (χ0) is 24.5. The number of methoxy groups -OCH3 is 1. The Hall–Kier alpha value is -3.62. The quantitative estimate of drug-likeness (QED) is 0.447. The van der Waals surface area contributed by atoms with Gasteiger partial charge in [-0.2, -0.15) is 5.26 Å². The van der Waals surface area contributed by atoms with Crippen LogP contribution >= 0.6 is 0 Å². The van der Waals surface area contributed by atoms with Gasteiger partial charge >= 0.3 is 6.09 Å². The molecule has 2 aliphatic rings. The van der Waals surface area contributed by atoms with Crippen LogP contribution in [0.25, 0.3) is 11.3 Å². The molecule has 0 radical (unpaired) electrons. The topological polar surface area (TPSA) is 169 Å². The molecular weight excluding hydrogens is 438 g/mol. The van der Waals surface area contributed by atoms with Crippen LogP contribution in [0.4, 0.5) is 16.2 Å². The van der Waals surface area contributed by atoms with Crippen LogP contribution in [0.2, 0.25) is 0 Å². The van der Waals surface area contributed by atoms with Crippen molar-refractivity contribution >= 4 is 23.4 Å². The number of anilines is 2. The molecule has 0 unspecified atom stereocenters. The molecule has 0 spiro atoms. The van der Waals surface area contributed by atoms with Crippen LogP contribution in [0.1, 0.15) is 50.2 Å². The summed E-state index contributed by atoms with van der Waals surface area (Å²) in [6.07, 6.45) is 2.11. The number of likely N-dealkylation sites (tertiary alicyclic amines) is 1. The highest BCUT2D eigenvalue weighted by molar-refractivity contribution is 5.91. The van der Waals surface area contributed by atoms with E-state index in [4.69, 9.17) is 5.73 Å². The summed E-state index contributed by atoms with van der Waals surface area (Å²) in [4.78, 5) is 34.3. The van der Waals surface area contributed by atoms with Crippen LogP contribution in [-0.4, -0.2) is 63.8 Å². The number of H-pyrrole nitrogens is 1. The number of β-amino-alcohol motifs (C(OH)–C–C–N with tert-alkyl or cyclic N) is 1. The average Bonchev–Trinajstić information content (AvgIpc) is 3.22. The number of nitriles is 1. The first-order valence-corrected chi connectivity index (χ1v) is 11.2. The van der Waals surface area contributed by atoms with E-state index < -0.39 is 17.7 Å². The highest BCUT2D eigenvalue weighted by Gasteiger charge is 2.41. The van der Waals surface area contributed by atoms with Gasteiger partial charge < -0.3 is 30.8 Å². The fourth-order valence-corrected chi connectivity index (χ4v) is 4.41. The van der Waals surface area contributed by atoms with E-state index in [1.807, 2.05) is 0 Å². The number of hydrogen-bond donors (Lipinski definition) is 5. The van der Waals surface area contributed by atoms with Gasteiger partial charge in [0.05, 0.1) is 31.8 Å². The summed E-state index contributed by atoms with van der Waals surface area (Å²) in [7, 11) is 1.27. The molecule has 0 saturated carbocycles. The van der Waals surface area contributed by atoms with Crippen molar-refractivity contribution in [3.63, 3.8) is 0 Å². The van der Waals surface area contributed by atoms with E-state index in [0.717, 1.165) is 12.8 Å². The number of hydrogen-bond acceptors (Lipinski definition) is 8. The number of ether oxygens (including phenoxy) is 1. The van der Waals surface area contributed by atoms with Crippen molar-refractivity contribution in [2.45, 2.75) is 50.3 Å². The number of benzene rings is 1. The van der Waals surface area contributed by atoms with Crippen LogP contribution < -0.4 is 16.4 Å². The SMILES string of the molecule is COC(=O)Nc1ccc2c(c1)N[C@@H](C(=O)N1CC(C)(O)C1)CCCC[C@H](N)c1nc-2c(C#N)[nH]1. The van der Waals surface area contributed by atoms with Crippen molar-refractivity contribution in [1.82, 2.24) is 14.9 Å². The summed E-state index contributed by atoms with van der Waals surface area (Å²) in [5.74, 6) is 0.415. The molecule has 1 aromatic heterocycles.